The Bertz CT molecular complexity index is 833. The Hall–Kier alpha value is -3.02. The first-order valence-electron chi connectivity index (χ1n) is 9.68. The van der Waals surface area contributed by atoms with Crippen LogP contribution in [0.1, 0.15) is 48.2 Å². The Kier molecular flexibility index (Phi) is 6.53. The summed E-state index contributed by atoms with van der Waals surface area (Å²) in [5.41, 5.74) is 7.96. The van der Waals surface area contributed by atoms with Crippen LogP contribution in [0.2, 0.25) is 0 Å². The Morgan fingerprint density at radius 1 is 0.964 bits per heavy atom. The van der Waals surface area contributed by atoms with Crippen LogP contribution in [0.5, 0.6) is 11.5 Å². The number of amides is 2. The molecule has 0 spiro atoms. The molecule has 148 valence electrons. The van der Waals surface area contributed by atoms with Gasteiger partial charge in [0.1, 0.15) is 11.5 Å². The minimum absolute atomic E-state index is 0.338. The second-order valence-electron chi connectivity index (χ2n) is 6.80. The lowest BCUT2D eigenvalue weighted by Crippen LogP contribution is -2.47. The maximum atomic E-state index is 12.3. The molecular weight excluding hydrogens is 356 g/mol. The van der Waals surface area contributed by atoms with E-state index in [1.165, 1.54) is 17.5 Å². The largest absolute Gasteiger partial charge is 0.494 e. The Morgan fingerprint density at radius 2 is 1.64 bits per heavy atom. The van der Waals surface area contributed by atoms with E-state index in [9.17, 15) is 9.59 Å². The third kappa shape index (κ3) is 5.03. The maximum absolute atomic E-state index is 12.3. The van der Waals surface area contributed by atoms with Gasteiger partial charge in [-0.3, -0.25) is 20.4 Å². The van der Waals surface area contributed by atoms with Crippen LogP contribution in [0.4, 0.5) is 0 Å². The van der Waals surface area contributed by atoms with E-state index < -0.39 is 12.0 Å². The highest BCUT2D eigenvalue weighted by Gasteiger charge is 2.17. The Labute approximate surface area is 165 Å². The van der Waals surface area contributed by atoms with E-state index in [4.69, 9.17) is 9.47 Å². The second-order valence-corrected chi connectivity index (χ2v) is 6.80. The van der Waals surface area contributed by atoms with Crippen molar-refractivity contribution in [3.8, 4) is 11.5 Å². The predicted molar refractivity (Wildman–Crippen MR) is 106 cm³/mol. The van der Waals surface area contributed by atoms with Gasteiger partial charge in [0.25, 0.3) is 11.8 Å². The molecule has 6 heteroatoms. The van der Waals surface area contributed by atoms with Crippen LogP contribution in [0.25, 0.3) is 0 Å². The first-order valence-corrected chi connectivity index (χ1v) is 9.68. The third-order valence-corrected chi connectivity index (χ3v) is 4.73. The van der Waals surface area contributed by atoms with E-state index in [2.05, 4.69) is 10.9 Å². The van der Waals surface area contributed by atoms with Crippen molar-refractivity contribution in [1.82, 2.24) is 10.9 Å². The van der Waals surface area contributed by atoms with Crippen LogP contribution < -0.4 is 20.3 Å². The van der Waals surface area contributed by atoms with Crippen molar-refractivity contribution in [3.05, 3.63) is 59.2 Å². The van der Waals surface area contributed by atoms with Gasteiger partial charge in [0.2, 0.25) is 0 Å². The summed E-state index contributed by atoms with van der Waals surface area (Å²) in [5, 5.41) is 0. The SMILES string of the molecule is CCOc1ccc(OC(C)C(=O)NNC(=O)c2ccc3c(c2)CCCC3)cc1. The zero-order chi connectivity index (χ0) is 19.9. The lowest BCUT2D eigenvalue weighted by Gasteiger charge is -2.17. The molecule has 0 aliphatic heterocycles. The fourth-order valence-electron chi connectivity index (χ4n) is 3.21. The van der Waals surface area contributed by atoms with Crippen LogP contribution in [0.3, 0.4) is 0 Å². The molecule has 1 atom stereocenters. The van der Waals surface area contributed by atoms with Gasteiger partial charge < -0.3 is 9.47 Å². The smallest absolute Gasteiger partial charge is 0.279 e. The fraction of sp³-hybridized carbons (Fsp3) is 0.364. The summed E-state index contributed by atoms with van der Waals surface area (Å²) in [6.45, 7) is 4.12. The average Bonchev–Trinajstić information content (AvgIpc) is 2.73. The van der Waals surface area contributed by atoms with E-state index in [1.54, 1.807) is 37.3 Å². The van der Waals surface area contributed by atoms with Gasteiger partial charge in [0, 0.05) is 5.56 Å². The summed E-state index contributed by atoms with van der Waals surface area (Å²) in [5.74, 6) is 0.520. The second kappa shape index (κ2) is 9.26. The van der Waals surface area contributed by atoms with Crippen molar-refractivity contribution in [2.45, 2.75) is 45.6 Å². The van der Waals surface area contributed by atoms with E-state index in [1.807, 2.05) is 19.1 Å². The maximum Gasteiger partial charge on any atom is 0.279 e. The molecule has 6 nitrogen and oxygen atoms in total. The van der Waals surface area contributed by atoms with Gasteiger partial charge >= 0.3 is 0 Å². The summed E-state index contributed by atoms with van der Waals surface area (Å²) in [6.07, 6.45) is 3.64. The molecular formula is C22H26N2O4. The molecule has 1 unspecified atom stereocenters. The summed E-state index contributed by atoms with van der Waals surface area (Å²) < 4.78 is 11.0. The van der Waals surface area contributed by atoms with Crippen molar-refractivity contribution in [1.29, 1.82) is 0 Å². The van der Waals surface area contributed by atoms with E-state index in [0.29, 0.717) is 17.9 Å². The number of aryl methyl sites for hydroxylation is 2. The highest BCUT2D eigenvalue weighted by atomic mass is 16.5. The van der Waals surface area contributed by atoms with E-state index in [-0.39, 0.29) is 5.91 Å². The third-order valence-electron chi connectivity index (χ3n) is 4.73. The number of hydrogen-bond donors (Lipinski definition) is 2. The van der Waals surface area contributed by atoms with Gasteiger partial charge in [0.15, 0.2) is 6.10 Å². The van der Waals surface area contributed by atoms with Crippen LogP contribution in [0.15, 0.2) is 42.5 Å². The Morgan fingerprint density at radius 3 is 2.36 bits per heavy atom. The number of fused-ring (bicyclic) bond motifs is 1. The van der Waals surface area contributed by atoms with Crippen LogP contribution >= 0.6 is 0 Å². The molecule has 1 aliphatic carbocycles. The zero-order valence-electron chi connectivity index (χ0n) is 16.3. The van der Waals surface area contributed by atoms with Crippen molar-refractivity contribution in [3.63, 3.8) is 0 Å². The van der Waals surface area contributed by atoms with Crippen molar-refractivity contribution < 1.29 is 19.1 Å². The molecule has 0 fully saturated rings. The molecule has 0 radical (unpaired) electrons. The van der Waals surface area contributed by atoms with E-state index >= 15 is 0 Å². The zero-order valence-corrected chi connectivity index (χ0v) is 16.3. The minimum Gasteiger partial charge on any atom is -0.494 e. The predicted octanol–water partition coefficient (Wildman–Crippen LogP) is 3.19. The number of benzene rings is 2. The van der Waals surface area contributed by atoms with Crippen LogP contribution in [-0.2, 0) is 17.6 Å². The molecule has 0 aromatic heterocycles. The molecule has 0 saturated carbocycles. The molecule has 1 aliphatic rings. The molecule has 0 heterocycles. The van der Waals surface area contributed by atoms with Gasteiger partial charge in [-0.25, -0.2) is 0 Å². The average molecular weight is 382 g/mol. The molecule has 28 heavy (non-hydrogen) atoms. The van der Waals surface area contributed by atoms with Crippen molar-refractivity contribution in [2.75, 3.05) is 6.61 Å². The number of carbonyl (C=O) groups is 2. The first kappa shape index (κ1) is 19.7. The van der Waals surface area contributed by atoms with Crippen molar-refractivity contribution in [2.24, 2.45) is 0 Å². The molecule has 2 N–H and O–H groups in total. The van der Waals surface area contributed by atoms with E-state index in [0.717, 1.165) is 25.0 Å². The molecule has 0 saturated heterocycles. The van der Waals surface area contributed by atoms with Gasteiger partial charge in [-0.1, -0.05) is 6.07 Å². The monoisotopic (exact) mass is 382 g/mol. The summed E-state index contributed by atoms with van der Waals surface area (Å²) >= 11 is 0. The Balaban J connectivity index is 1.50. The molecule has 0 bridgehead atoms. The number of ether oxygens (including phenoxy) is 2. The summed E-state index contributed by atoms with van der Waals surface area (Å²) in [7, 11) is 0. The molecule has 3 rings (SSSR count). The van der Waals surface area contributed by atoms with Crippen LogP contribution in [0, 0.1) is 0 Å². The number of carbonyl (C=O) groups excluding carboxylic acids is 2. The summed E-state index contributed by atoms with van der Waals surface area (Å²) in [4.78, 5) is 24.5. The number of hydrogen-bond acceptors (Lipinski definition) is 4. The highest BCUT2D eigenvalue weighted by Crippen LogP contribution is 2.22. The number of nitrogens with one attached hydrogen (secondary N) is 2. The standard InChI is InChI=1S/C22H26N2O4/c1-3-27-19-10-12-20(13-11-19)28-15(2)21(25)23-24-22(26)18-9-8-16-6-4-5-7-17(16)14-18/h8-15H,3-7H2,1-2H3,(H,23,25)(H,24,26). The number of rotatable bonds is 6. The normalized spacial score (nSPS) is 13.8. The minimum atomic E-state index is -0.762. The first-order chi connectivity index (χ1) is 13.6. The van der Waals surface area contributed by atoms with Gasteiger partial charge in [-0.15, -0.1) is 0 Å². The lowest BCUT2D eigenvalue weighted by molar-refractivity contribution is -0.128. The quantitative estimate of drug-likeness (QED) is 0.753. The van der Waals surface area contributed by atoms with Gasteiger partial charge in [0.05, 0.1) is 6.61 Å². The van der Waals surface area contributed by atoms with Gasteiger partial charge in [-0.05, 0) is 87.1 Å². The fourth-order valence-corrected chi connectivity index (χ4v) is 3.21. The highest BCUT2D eigenvalue weighted by molar-refractivity contribution is 5.96. The van der Waals surface area contributed by atoms with Crippen molar-refractivity contribution >= 4 is 11.8 Å². The number of hydrazine groups is 1. The molecule has 2 aromatic rings. The van der Waals surface area contributed by atoms with Gasteiger partial charge in [-0.2, -0.15) is 0 Å². The van der Waals surface area contributed by atoms with Crippen LogP contribution in [-0.4, -0.2) is 24.5 Å². The topological polar surface area (TPSA) is 76.7 Å². The molecule has 2 aromatic carbocycles. The summed E-state index contributed by atoms with van der Waals surface area (Å²) in [6, 6.07) is 12.7. The molecule has 2 amide bonds. The lowest BCUT2D eigenvalue weighted by atomic mass is 9.90.